The minimum Gasteiger partial charge on any atom is -0.505 e. The lowest BCUT2D eigenvalue weighted by Crippen LogP contribution is -2.21. The van der Waals surface area contributed by atoms with E-state index >= 15 is 0 Å². The van der Waals surface area contributed by atoms with Crippen LogP contribution in [0, 0.1) is 6.92 Å². The van der Waals surface area contributed by atoms with E-state index in [9.17, 15) is 14.7 Å². The molecule has 0 radical (unpaired) electrons. The monoisotopic (exact) mass is 259 g/mol. The molecule has 2 rings (SSSR count). The van der Waals surface area contributed by atoms with Crippen molar-refractivity contribution in [2.75, 3.05) is 5.32 Å². The lowest BCUT2D eigenvalue weighted by molar-refractivity contribution is 0.101. The SMILES string of the molecule is Cc1cc(NC(=O)c2ncccc2O)cn(C)c1=O. The average Bonchev–Trinajstić information content (AvgIpc) is 2.36. The Labute approximate surface area is 109 Å². The smallest absolute Gasteiger partial charge is 0.278 e. The van der Waals surface area contributed by atoms with E-state index < -0.39 is 5.91 Å². The van der Waals surface area contributed by atoms with Crippen LogP contribution in [0.5, 0.6) is 5.75 Å². The molecular formula is C13H13N3O3. The number of pyridine rings is 2. The van der Waals surface area contributed by atoms with Crippen molar-refractivity contribution in [2.45, 2.75) is 6.92 Å². The van der Waals surface area contributed by atoms with E-state index in [1.807, 2.05) is 0 Å². The number of anilines is 1. The molecule has 19 heavy (non-hydrogen) atoms. The van der Waals surface area contributed by atoms with Crippen molar-refractivity contribution < 1.29 is 9.90 Å². The predicted molar refractivity (Wildman–Crippen MR) is 70.3 cm³/mol. The van der Waals surface area contributed by atoms with Crippen molar-refractivity contribution in [3.63, 3.8) is 0 Å². The highest BCUT2D eigenvalue weighted by Crippen LogP contribution is 2.15. The second-order valence-electron chi connectivity index (χ2n) is 4.15. The zero-order chi connectivity index (χ0) is 14.0. The van der Waals surface area contributed by atoms with Crippen molar-refractivity contribution in [2.24, 2.45) is 7.05 Å². The number of hydrogen-bond acceptors (Lipinski definition) is 4. The van der Waals surface area contributed by atoms with Gasteiger partial charge < -0.3 is 15.0 Å². The Hall–Kier alpha value is -2.63. The summed E-state index contributed by atoms with van der Waals surface area (Å²) in [7, 11) is 1.60. The summed E-state index contributed by atoms with van der Waals surface area (Å²) in [4.78, 5) is 27.3. The summed E-state index contributed by atoms with van der Waals surface area (Å²) in [6.45, 7) is 1.66. The Morgan fingerprint density at radius 1 is 1.47 bits per heavy atom. The van der Waals surface area contributed by atoms with Crippen LogP contribution in [0.3, 0.4) is 0 Å². The van der Waals surface area contributed by atoms with Gasteiger partial charge in [0.05, 0.1) is 5.69 Å². The van der Waals surface area contributed by atoms with Gasteiger partial charge in [-0.2, -0.15) is 0 Å². The van der Waals surface area contributed by atoms with Gasteiger partial charge in [0, 0.05) is 25.0 Å². The number of nitrogens with one attached hydrogen (secondary N) is 1. The van der Waals surface area contributed by atoms with Gasteiger partial charge in [-0.15, -0.1) is 0 Å². The van der Waals surface area contributed by atoms with Gasteiger partial charge in [-0.3, -0.25) is 9.59 Å². The molecule has 0 saturated heterocycles. The second-order valence-corrected chi connectivity index (χ2v) is 4.15. The number of amides is 1. The summed E-state index contributed by atoms with van der Waals surface area (Å²) in [6, 6.07) is 4.48. The summed E-state index contributed by atoms with van der Waals surface area (Å²) in [5.74, 6) is -0.724. The van der Waals surface area contributed by atoms with Crippen LogP contribution in [-0.2, 0) is 7.05 Å². The van der Waals surface area contributed by atoms with Gasteiger partial charge in [0.25, 0.3) is 11.5 Å². The second kappa shape index (κ2) is 4.93. The first kappa shape index (κ1) is 12.8. The van der Waals surface area contributed by atoms with Crippen LogP contribution in [-0.4, -0.2) is 20.6 Å². The fourth-order valence-electron chi connectivity index (χ4n) is 1.71. The third kappa shape index (κ3) is 2.62. The quantitative estimate of drug-likeness (QED) is 0.844. The first-order valence-corrected chi connectivity index (χ1v) is 5.61. The predicted octanol–water partition coefficient (Wildman–Crippen LogP) is 1.05. The summed E-state index contributed by atoms with van der Waals surface area (Å²) >= 11 is 0. The summed E-state index contributed by atoms with van der Waals surface area (Å²) in [6.07, 6.45) is 2.92. The molecule has 2 heterocycles. The zero-order valence-corrected chi connectivity index (χ0v) is 10.5. The molecule has 98 valence electrons. The van der Waals surface area contributed by atoms with E-state index in [0.29, 0.717) is 11.3 Å². The lowest BCUT2D eigenvalue weighted by atomic mass is 10.2. The van der Waals surface area contributed by atoms with E-state index in [1.54, 1.807) is 20.0 Å². The van der Waals surface area contributed by atoms with Gasteiger partial charge in [0.2, 0.25) is 0 Å². The summed E-state index contributed by atoms with van der Waals surface area (Å²) in [5, 5.41) is 12.1. The number of rotatable bonds is 2. The van der Waals surface area contributed by atoms with Crippen molar-refractivity contribution in [1.29, 1.82) is 0 Å². The van der Waals surface area contributed by atoms with Gasteiger partial charge in [-0.25, -0.2) is 4.98 Å². The Morgan fingerprint density at radius 3 is 2.84 bits per heavy atom. The molecule has 2 N–H and O–H groups in total. The molecule has 0 saturated carbocycles. The minimum absolute atomic E-state index is 0.0611. The third-order valence-corrected chi connectivity index (χ3v) is 2.62. The van der Waals surface area contributed by atoms with E-state index in [2.05, 4.69) is 10.3 Å². The normalized spacial score (nSPS) is 10.2. The van der Waals surface area contributed by atoms with E-state index in [-0.39, 0.29) is 17.0 Å². The van der Waals surface area contributed by atoms with Crippen LogP contribution >= 0.6 is 0 Å². The van der Waals surface area contributed by atoms with Gasteiger partial charge in [-0.05, 0) is 25.1 Å². The molecule has 0 atom stereocenters. The van der Waals surface area contributed by atoms with E-state index in [4.69, 9.17) is 0 Å². The van der Waals surface area contributed by atoms with Crippen molar-refractivity contribution in [3.05, 3.63) is 52.2 Å². The maximum atomic E-state index is 11.9. The Morgan fingerprint density at radius 2 is 2.21 bits per heavy atom. The van der Waals surface area contributed by atoms with Gasteiger partial charge in [0.15, 0.2) is 5.69 Å². The summed E-state index contributed by atoms with van der Waals surface area (Å²) in [5.41, 5.74) is 0.799. The van der Waals surface area contributed by atoms with Crippen LogP contribution < -0.4 is 10.9 Å². The van der Waals surface area contributed by atoms with E-state index in [0.717, 1.165) is 0 Å². The van der Waals surface area contributed by atoms with Crippen LogP contribution in [0.15, 0.2) is 35.4 Å². The fraction of sp³-hybridized carbons (Fsp3) is 0.154. The molecule has 0 aliphatic rings. The molecular weight excluding hydrogens is 246 g/mol. The molecule has 6 heteroatoms. The maximum Gasteiger partial charge on any atom is 0.278 e. The largest absolute Gasteiger partial charge is 0.505 e. The number of nitrogens with zero attached hydrogens (tertiary/aromatic N) is 2. The number of carbonyl (C=O) groups is 1. The molecule has 0 bridgehead atoms. The third-order valence-electron chi connectivity index (χ3n) is 2.62. The topological polar surface area (TPSA) is 84.2 Å². The van der Waals surface area contributed by atoms with E-state index in [1.165, 1.54) is 29.1 Å². The molecule has 0 aliphatic heterocycles. The van der Waals surface area contributed by atoms with Crippen LogP contribution in [0.4, 0.5) is 5.69 Å². The average molecular weight is 259 g/mol. The van der Waals surface area contributed by atoms with Crippen LogP contribution in [0.2, 0.25) is 0 Å². The number of aryl methyl sites for hydroxylation is 2. The molecule has 2 aromatic heterocycles. The standard InChI is InChI=1S/C13H13N3O3/c1-8-6-9(7-16(2)13(8)19)15-12(18)11-10(17)4-3-5-14-11/h3-7,17H,1-2H3,(H,15,18). The fourth-order valence-corrected chi connectivity index (χ4v) is 1.71. The van der Waals surface area contributed by atoms with Crippen LogP contribution in [0.25, 0.3) is 0 Å². The van der Waals surface area contributed by atoms with Gasteiger partial charge in [-0.1, -0.05) is 0 Å². The number of carbonyl (C=O) groups excluding carboxylic acids is 1. The highest BCUT2D eigenvalue weighted by atomic mass is 16.3. The molecule has 0 fully saturated rings. The van der Waals surface area contributed by atoms with Gasteiger partial charge >= 0.3 is 0 Å². The Bertz CT molecular complexity index is 666. The van der Waals surface area contributed by atoms with Crippen molar-refractivity contribution in [3.8, 4) is 5.75 Å². The Balaban J connectivity index is 2.30. The number of hydrogen-bond donors (Lipinski definition) is 2. The minimum atomic E-state index is -0.531. The lowest BCUT2D eigenvalue weighted by Gasteiger charge is -2.08. The highest BCUT2D eigenvalue weighted by Gasteiger charge is 2.13. The molecule has 0 spiro atoms. The summed E-state index contributed by atoms with van der Waals surface area (Å²) < 4.78 is 1.38. The molecule has 2 aromatic rings. The molecule has 1 amide bonds. The molecule has 6 nitrogen and oxygen atoms in total. The zero-order valence-electron chi connectivity index (χ0n) is 10.5. The number of aromatic nitrogens is 2. The first-order valence-electron chi connectivity index (χ1n) is 5.61. The first-order chi connectivity index (χ1) is 8.99. The highest BCUT2D eigenvalue weighted by molar-refractivity contribution is 6.04. The van der Waals surface area contributed by atoms with Crippen molar-refractivity contribution >= 4 is 11.6 Å². The maximum absolute atomic E-state index is 11.9. The number of aromatic hydroxyl groups is 1. The molecule has 0 aromatic carbocycles. The molecule has 0 aliphatic carbocycles. The molecule has 0 unspecified atom stereocenters. The van der Waals surface area contributed by atoms with Crippen LogP contribution in [0.1, 0.15) is 16.1 Å². The van der Waals surface area contributed by atoms with Crippen molar-refractivity contribution in [1.82, 2.24) is 9.55 Å². The Kier molecular flexibility index (Phi) is 3.33. The van der Waals surface area contributed by atoms with Gasteiger partial charge in [0.1, 0.15) is 5.75 Å².